The lowest BCUT2D eigenvalue weighted by Gasteiger charge is -2.17. The van der Waals surface area contributed by atoms with Crippen LogP contribution in [0, 0.1) is 12.7 Å². The first kappa shape index (κ1) is 16.5. The van der Waals surface area contributed by atoms with Gasteiger partial charge in [0.1, 0.15) is 11.5 Å². The maximum atomic E-state index is 13.5. The average molecular weight is 319 g/mol. The van der Waals surface area contributed by atoms with E-state index in [0.29, 0.717) is 22.8 Å². The van der Waals surface area contributed by atoms with Gasteiger partial charge >= 0.3 is 12.0 Å². The van der Waals surface area contributed by atoms with E-state index >= 15 is 0 Å². The second kappa shape index (κ2) is 6.91. The van der Waals surface area contributed by atoms with Crippen molar-refractivity contribution in [2.45, 2.75) is 6.92 Å². The predicted octanol–water partition coefficient (Wildman–Crippen LogP) is 2.64. The smallest absolute Gasteiger partial charge is 0.323 e. The first-order valence-corrected chi connectivity index (χ1v) is 6.83. The van der Waals surface area contributed by atoms with Crippen molar-refractivity contribution >= 4 is 23.2 Å². The summed E-state index contributed by atoms with van der Waals surface area (Å²) < 4.78 is 18.5. The molecular formula is C15H18FN5O2. The van der Waals surface area contributed by atoms with Gasteiger partial charge in [-0.1, -0.05) is 6.07 Å². The summed E-state index contributed by atoms with van der Waals surface area (Å²) in [7, 11) is 5.01. The zero-order valence-corrected chi connectivity index (χ0v) is 13.3. The molecule has 0 aliphatic carbocycles. The summed E-state index contributed by atoms with van der Waals surface area (Å²) in [4.78, 5) is 21.9. The zero-order valence-electron chi connectivity index (χ0n) is 13.3. The monoisotopic (exact) mass is 319 g/mol. The van der Waals surface area contributed by atoms with Crippen LogP contribution in [0.5, 0.6) is 6.01 Å². The number of carbonyl (C=O) groups excluding carboxylic acids is 1. The maximum Gasteiger partial charge on any atom is 0.323 e. The van der Waals surface area contributed by atoms with Crippen molar-refractivity contribution < 1.29 is 13.9 Å². The van der Waals surface area contributed by atoms with E-state index in [9.17, 15) is 9.18 Å². The fourth-order valence-corrected chi connectivity index (χ4v) is 1.84. The molecule has 0 bridgehead atoms. The van der Waals surface area contributed by atoms with Crippen LogP contribution in [0.2, 0.25) is 0 Å². The van der Waals surface area contributed by atoms with Crippen LogP contribution in [0.4, 0.5) is 26.4 Å². The highest BCUT2D eigenvalue weighted by molar-refractivity contribution is 6.01. The topological polar surface area (TPSA) is 79.4 Å². The normalized spacial score (nSPS) is 10.1. The quantitative estimate of drug-likeness (QED) is 0.905. The van der Waals surface area contributed by atoms with E-state index in [4.69, 9.17) is 4.74 Å². The number of halogens is 1. The molecule has 0 aliphatic heterocycles. The number of anilines is 3. The van der Waals surface area contributed by atoms with E-state index in [1.54, 1.807) is 38.1 Å². The van der Waals surface area contributed by atoms with Gasteiger partial charge in [0, 0.05) is 19.8 Å². The first-order valence-electron chi connectivity index (χ1n) is 6.83. The molecular weight excluding hydrogens is 301 g/mol. The van der Waals surface area contributed by atoms with Crippen LogP contribution in [0.1, 0.15) is 5.56 Å². The molecule has 0 aliphatic rings. The molecule has 8 heteroatoms. The van der Waals surface area contributed by atoms with Crippen LogP contribution < -0.4 is 20.3 Å². The maximum absolute atomic E-state index is 13.5. The van der Waals surface area contributed by atoms with Crippen molar-refractivity contribution in [1.29, 1.82) is 0 Å². The minimum absolute atomic E-state index is 0.195. The van der Waals surface area contributed by atoms with Crippen molar-refractivity contribution in [2.75, 3.05) is 36.7 Å². The zero-order chi connectivity index (χ0) is 17.0. The third kappa shape index (κ3) is 4.06. The number of amides is 2. The number of aryl methyl sites for hydroxylation is 1. The largest absolute Gasteiger partial charge is 0.467 e. The molecule has 23 heavy (non-hydrogen) atoms. The SMILES string of the molecule is COc1ncc(NC(=O)Nc2ccc(C)c(F)c2)c(N(C)C)n1. The van der Waals surface area contributed by atoms with Gasteiger partial charge in [-0.15, -0.1) is 0 Å². The van der Waals surface area contributed by atoms with Gasteiger partial charge < -0.3 is 20.3 Å². The van der Waals surface area contributed by atoms with Crippen LogP contribution in [-0.2, 0) is 0 Å². The van der Waals surface area contributed by atoms with E-state index in [1.165, 1.54) is 19.4 Å². The van der Waals surface area contributed by atoms with E-state index in [1.807, 2.05) is 0 Å². The number of urea groups is 1. The number of ether oxygens (including phenoxy) is 1. The molecule has 0 atom stereocenters. The van der Waals surface area contributed by atoms with Gasteiger partial charge in [-0.2, -0.15) is 4.98 Å². The van der Waals surface area contributed by atoms with Crippen molar-refractivity contribution in [3.63, 3.8) is 0 Å². The number of nitrogens with one attached hydrogen (secondary N) is 2. The molecule has 2 N–H and O–H groups in total. The van der Waals surface area contributed by atoms with E-state index in [2.05, 4.69) is 20.6 Å². The molecule has 2 aromatic rings. The van der Waals surface area contributed by atoms with Gasteiger partial charge in [0.2, 0.25) is 0 Å². The fourth-order valence-electron chi connectivity index (χ4n) is 1.84. The highest BCUT2D eigenvalue weighted by Gasteiger charge is 2.13. The molecule has 0 saturated heterocycles. The molecule has 0 saturated carbocycles. The Hall–Kier alpha value is -2.90. The molecule has 0 unspecified atom stereocenters. The third-order valence-electron chi connectivity index (χ3n) is 3.03. The second-order valence-corrected chi connectivity index (χ2v) is 5.03. The van der Waals surface area contributed by atoms with Gasteiger partial charge in [-0.25, -0.2) is 14.2 Å². The summed E-state index contributed by atoms with van der Waals surface area (Å²) in [5, 5.41) is 5.19. The number of nitrogens with zero attached hydrogens (tertiary/aromatic N) is 3. The summed E-state index contributed by atoms with van der Waals surface area (Å²) >= 11 is 0. The van der Waals surface area contributed by atoms with Gasteiger partial charge in [-0.05, 0) is 24.6 Å². The van der Waals surface area contributed by atoms with E-state index in [-0.39, 0.29) is 11.8 Å². The molecule has 2 amide bonds. The summed E-state index contributed by atoms with van der Waals surface area (Å²) in [6.07, 6.45) is 1.44. The summed E-state index contributed by atoms with van der Waals surface area (Å²) in [6.45, 7) is 1.65. The first-order chi connectivity index (χ1) is 10.9. The number of carbonyl (C=O) groups is 1. The molecule has 2 rings (SSSR count). The lowest BCUT2D eigenvalue weighted by atomic mass is 10.2. The van der Waals surface area contributed by atoms with E-state index < -0.39 is 6.03 Å². The molecule has 1 heterocycles. The number of hydrogen-bond donors (Lipinski definition) is 2. The molecule has 122 valence electrons. The van der Waals surface area contributed by atoms with Crippen molar-refractivity contribution in [3.05, 3.63) is 35.8 Å². The third-order valence-corrected chi connectivity index (χ3v) is 3.03. The minimum atomic E-state index is -0.523. The number of rotatable bonds is 4. The Morgan fingerprint density at radius 1 is 1.30 bits per heavy atom. The number of aromatic nitrogens is 2. The van der Waals surface area contributed by atoms with Crippen LogP contribution >= 0.6 is 0 Å². The number of methoxy groups -OCH3 is 1. The Morgan fingerprint density at radius 3 is 2.65 bits per heavy atom. The molecule has 0 radical (unpaired) electrons. The lowest BCUT2D eigenvalue weighted by Crippen LogP contribution is -2.22. The van der Waals surface area contributed by atoms with Crippen LogP contribution in [-0.4, -0.2) is 37.2 Å². The van der Waals surface area contributed by atoms with Crippen LogP contribution in [0.3, 0.4) is 0 Å². The molecule has 1 aromatic heterocycles. The minimum Gasteiger partial charge on any atom is -0.467 e. The average Bonchev–Trinajstić information content (AvgIpc) is 2.51. The summed E-state index contributed by atoms with van der Waals surface area (Å²) in [5.74, 6) is 0.103. The van der Waals surface area contributed by atoms with E-state index in [0.717, 1.165) is 0 Å². The Balaban J connectivity index is 2.15. The molecule has 1 aromatic carbocycles. The predicted molar refractivity (Wildman–Crippen MR) is 86.7 cm³/mol. The Kier molecular flexibility index (Phi) is 4.95. The number of benzene rings is 1. The lowest BCUT2D eigenvalue weighted by molar-refractivity contribution is 0.262. The molecule has 7 nitrogen and oxygen atoms in total. The van der Waals surface area contributed by atoms with Gasteiger partial charge in [0.25, 0.3) is 0 Å². The summed E-state index contributed by atoms with van der Waals surface area (Å²) in [6, 6.07) is 4.14. The highest BCUT2D eigenvalue weighted by Crippen LogP contribution is 2.23. The Morgan fingerprint density at radius 2 is 2.04 bits per heavy atom. The molecule has 0 spiro atoms. The fraction of sp³-hybridized carbons (Fsp3) is 0.267. The number of hydrogen-bond acceptors (Lipinski definition) is 5. The van der Waals surface area contributed by atoms with Crippen molar-refractivity contribution in [3.8, 4) is 6.01 Å². The second-order valence-electron chi connectivity index (χ2n) is 5.03. The Labute approximate surface area is 133 Å². The van der Waals surface area contributed by atoms with Crippen molar-refractivity contribution in [2.24, 2.45) is 0 Å². The molecule has 0 fully saturated rings. The van der Waals surface area contributed by atoms with Gasteiger partial charge in [0.05, 0.1) is 13.3 Å². The van der Waals surface area contributed by atoms with Gasteiger partial charge in [0.15, 0.2) is 5.82 Å². The highest BCUT2D eigenvalue weighted by atomic mass is 19.1. The van der Waals surface area contributed by atoms with Crippen LogP contribution in [0.15, 0.2) is 24.4 Å². The Bertz CT molecular complexity index is 721. The van der Waals surface area contributed by atoms with Crippen LogP contribution in [0.25, 0.3) is 0 Å². The standard InChI is InChI=1S/C15H18FN5O2/c1-9-5-6-10(7-11(9)16)18-14(22)19-12-8-17-15(23-4)20-13(12)21(2)3/h5-8H,1-4H3,(H2,18,19,22). The van der Waals surface area contributed by atoms with Gasteiger partial charge in [-0.3, -0.25) is 0 Å². The summed E-state index contributed by atoms with van der Waals surface area (Å²) in [5.41, 5.74) is 1.27. The van der Waals surface area contributed by atoms with Crippen molar-refractivity contribution in [1.82, 2.24) is 9.97 Å².